The molecule has 3 rings (SSSR count). The maximum atomic E-state index is 12.6. The third kappa shape index (κ3) is 4.19. The Bertz CT molecular complexity index is 707. The summed E-state index contributed by atoms with van der Waals surface area (Å²) in [7, 11) is 0. The second kappa shape index (κ2) is 7.69. The number of hydrogen-bond donors (Lipinski definition) is 1. The fourth-order valence-electron chi connectivity index (χ4n) is 2.76. The first-order valence-electron chi connectivity index (χ1n) is 8.55. The number of carbonyl (C=O) groups excluding carboxylic acids is 1. The van der Waals surface area contributed by atoms with Crippen LogP contribution in [0.25, 0.3) is 0 Å². The number of amides is 1. The van der Waals surface area contributed by atoms with Crippen LogP contribution in [0.1, 0.15) is 66.5 Å². The molecule has 1 aliphatic heterocycles. The Labute approximate surface area is 146 Å². The molecule has 1 saturated heterocycles. The lowest BCUT2D eigenvalue weighted by molar-refractivity contribution is 0.0467. The van der Waals surface area contributed by atoms with Crippen molar-refractivity contribution in [3.05, 3.63) is 35.5 Å². The van der Waals surface area contributed by atoms with Gasteiger partial charge in [-0.3, -0.25) is 9.78 Å². The summed E-state index contributed by atoms with van der Waals surface area (Å²) in [6, 6.07) is -0.362. The molecule has 1 fully saturated rings. The summed E-state index contributed by atoms with van der Waals surface area (Å²) in [6.07, 6.45) is 4.69. The molecule has 0 aliphatic carbocycles. The summed E-state index contributed by atoms with van der Waals surface area (Å²) in [6.45, 7) is 7.14. The molecule has 1 N–H and O–H groups in total. The molecular formula is C17H23N5O3. The van der Waals surface area contributed by atoms with Crippen molar-refractivity contribution in [2.75, 3.05) is 13.2 Å². The molecular weight excluding hydrogens is 322 g/mol. The third-order valence-corrected chi connectivity index (χ3v) is 4.28. The summed E-state index contributed by atoms with van der Waals surface area (Å²) < 4.78 is 10.9. The van der Waals surface area contributed by atoms with Crippen LogP contribution in [0.4, 0.5) is 0 Å². The topological polar surface area (TPSA) is 103 Å². The Morgan fingerprint density at radius 1 is 1.24 bits per heavy atom. The van der Waals surface area contributed by atoms with E-state index in [9.17, 15) is 4.79 Å². The maximum absolute atomic E-state index is 12.6. The lowest BCUT2D eigenvalue weighted by Crippen LogP contribution is -2.36. The van der Waals surface area contributed by atoms with Crippen molar-refractivity contribution in [2.24, 2.45) is 5.92 Å². The Balaban J connectivity index is 1.82. The van der Waals surface area contributed by atoms with Gasteiger partial charge in [-0.1, -0.05) is 19.0 Å². The molecule has 134 valence electrons. The van der Waals surface area contributed by atoms with E-state index in [4.69, 9.17) is 9.26 Å². The van der Waals surface area contributed by atoms with Crippen LogP contribution < -0.4 is 5.32 Å². The lowest BCUT2D eigenvalue weighted by Gasteiger charge is -2.28. The molecule has 3 heterocycles. The number of nitrogens with one attached hydrogen (secondary N) is 1. The normalized spacial score (nSPS) is 16.8. The van der Waals surface area contributed by atoms with Gasteiger partial charge in [0.15, 0.2) is 5.82 Å². The van der Waals surface area contributed by atoms with Crippen LogP contribution in [0.3, 0.4) is 0 Å². The highest BCUT2D eigenvalue weighted by Gasteiger charge is 2.32. The number of aryl methyl sites for hydroxylation is 1. The first-order valence-corrected chi connectivity index (χ1v) is 8.55. The van der Waals surface area contributed by atoms with E-state index in [0.717, 1.165) is 18.5 Å². The third-order valence-electron chi connectivity index (χ3n) is 4.28. The van der Waals surface area contributed by atoms with Crippen molar-refractivity contribution >= 4 is 5.91 Å². The molecule has 0 aromatic carbocycles. The van der Waals surface area contributed by atoms with Crippen LogP contribution in [0, 0.1) is 12.8 Å². The van der Waals surface area contributed by atoms with Crippen LogP contribution in [0.15, 0.2) is 16.9 Å². The Hall–Kier alpha value is -2.35. The minimum absolute atomic E-state index is 0.159. The van der Waals surface area contributed by atoms with Crippen molar-refractivity contribution in [1.82, 2.24) is 25.4 Å². The van der Waals surface area contributed by atoms with Gasteiger partial charge in [-0.25, -0.2) is 4.98 Å². The molecule has 8 heteroatoms. The minimum atomic E-state index is -0.362. The molecule has 1 amide bonds. The molecule has 2 aromatic rings. The average Bonchev–Trinajstić information content (AvgIpc) is 3.11. The predicted molar refractivity (Wildman–Crippen MR) is 88.9 cm³/mol. The number of ether oxygens (including phenoxy) is 1. The summed E-state index contributed by atoms with van der Waals surface area (Å²) in [4.78, 5) is 25.3. The molecule has 25 heavy (non-hydrogen) atoms. The highest BCUT2D eigenvalue weighted by molar-refractivity contribution is 5.92. The van der Waals surface area contributed by atoms with Crippen LogP contribution >= 0.6 is 0 Å². The first-order chi connectivity index (χ1) is 12.0. The summed E-state index contributed by atoms with van der Waals surface area (Å²) in [5.41, 5.74) is 1.03. The highest BCUT2D eigenvalue weighted by Crippen LogP contribution is 2.30. The van der Waals surface area contributed by atoms with Gasteiger partial charge in [0.1, 0.15) is 11.7 Å². The average molecular weight is 345 g/mol. The van der Waals surface area contributed by atoms with Crippen LogP contribution in [-0.4, -0.2) is 39.2 Å². The van der Waals surface area contributed by atoms with Crippen molar-refractivity contribution in [3.8, 4) is 0 Å². The van der Waals surface area contributed by atoms with E-state index in [1.54, 1.807) is 6.20 Å². The Kier molecular flexibility index (Phi) is 5.37. The maximum Gasteiger partial charge on any atom is 0.272 e. The van der Waals surface area contributed by atoms with Gasteiger partial charge in [0, 0.05) is 25.3 Å². The van der Waals surface area contributed by atoms with Gasteiger partial charge in [0.25, 0.3) is 5.91 Å². The molecule has 0 bridgehead atoms. The van der Waals surface area contributed by atoms with Gasteiger partial charge in [0.2, 0.25) is 5.89 Å². The quantitative estimate of drug-likeness (QED) is 0.886. The van der Waals surface area contributed by atoms with Gasteiger partial charge in [0.05, 0.1) is 11.9 Å². The SMILES string of the molecule is Cc1cnc(C(=O)N[C@@H](c2nc(C(C)C)no2)C2CCOCC2)cn1. The van der Waals surface area contributed by atoms with Crippen LogP contribution in [0.5, 0.6) is 0 Å². The molecule has 1 aliphatic rings. The summed E-state index contributed by atoms with van der Waals surface area (Å²) in [5.74, 6) is 1.11. The number of aromatic nitrogens is 4. The Morgan fingerprint density at radius 3 is 2.60 bits per heavy atom. The van der Waals surface area contributed by atoms with Gasteiger partial charge in [-0.2, -0.15) is 4.98 Å². The van der Waals surface area contributed by atoms with Crippen molar-refractivity contribution in [1.29, 1.82) is 0 Å². The number of carbonyl (C=O) groups is 1. The predicted octanol–water partition coefficient (Wildman–Crippen LogP) is 2.19. The van der Waals surface area contributed by atoms with E-state index in [0.29, 0.717) is 24.9 Å². The molecule has 0 radical (unpaired) electrons. The smallest absolute Gasteiger partial charge is 0.272 e. The van der Waals surface area contributed by atoms with E-state index in [1.165, 1.54) is 6.20 Å². The minimum Gasteiger partial charge on any atom is -0.381 e. The molecule has 0 saturated carbocycles. The van der Waals surface area contributed by atoms with E-state index in [1.807, 2.05) is 20.8 Å². The molecule has 2 aromatic heterocycles. The number of hydrogen-bond acceptors (Lipinski definition) is 7. The van der Waals surface area contributed by atoms with Gasteiger partial charge < -0.3 is 14.6 Å². The van der Waals surface area contributed by atoms with Gasteiger partial charge in [-0.15, -0.1) is 0 Å². The van der Waals surface area contributed by atoms with E-state index in [2.05, 4.69) is 25.4 Å². The summed E-state index contributed by atoms with van der Waals surface area (Å²) >= 11 is 0. The largest absolute Gasteiger partial charge is 0.381 e. The Morgan fingerprint density at radius 2 is 2.00 bits per heavy atom. The van der Waals surface area contributed by atoms with Crippen molar-refractivity contribution < 1.29 is 14.1 Å². The van der Waals surface area contributed by atoms with E-state index < -0.39 is 0 Å². The zero-order valence-electron chi connectivity index (χ0n) is 14.7. The molecule has 1 atom stereocenters. The van der Waals surface area contributed by atoms with Crippen molar-refractivity contribution in [2.45, 2.75) is 45.6 Å². The monoisotopic (exact) mass is 345 g/mol. The standard InChI is InChI=1S/C17H23N5O3/c1-10(2)15-21-17(25-22-15)14(12-4-6-24-7-5-12)20-16(23)13-9-18-11(3)8-19-13/h8-10,12,14H,4-7H2,1-3H3,(H,20,23)/t14-/m1/s1. The number of rotatable bonds is 5. The van der Waals surface area contributed by atoms with Gasteiger partial charge >= 0.3 is 0 Å². The van der Waals surface area contributed by atoms with E-state index in [-0.39, 0.29) is 29.5 Å². The zero-order valence-corrected chi connectivity index (χ0v) is 14.7. The molecule has 8 nitrogen and oxygen atoms in total. The van der Waals surface area contributed by atoms with Crippen molar-refractivity contribution in [3.63, 3.8) is 0 Å². The van der Waals surface area contributed by atoms with Crippen LogP contribution in [0.2, 0.25) is 0 Å². The second-order valence-electron chi connectivity index (χ2n) is 6.59. The summed E-state index contributed by atoms with van der Waals surface area (Å²) in [5, 5.41) is 7.02. The molecule has 0 spiro atoms. The fraction of sp³-hybridized carbons (Fsp3) is 0.588. The fourth-order valence-corrected chi connectivity index (χ4v) is 2.76. The lowest BCUT2D eigenvalue weighted by atomic mass is 9.91. The molecule has 0 unspecified atom stereocenters. The zero-order chi connectivity index (χ0) is 17.8. The van der Waals surface area contributed by atoms with Crippen LogP contribution in [-0.2, 0) is 4.74 Å². The first kappa shape index (κ1) is 17.5. The highest BCUT2D eigenvalue weighted by atomic mass is 16.5. The van der Waals surface area contributed by atoms with E-state index >= 15 is 0 Å². The van der Waals surface area contributed by atoms with Gasteiger partial charge in [-0.05, 0) is 25.7 Å². The number of nitrogens with zero attached hydrogens (tertiary/aromatic N) is 4. The second-order valence-corrected chi connectivity index (χ2v) is 6.59.